The molecule has 0 saturated carbocycles. The summed E-state index contributed by atoms with van der Waals surface area (Å²) in [4.78, 5) is 0. The molecule has 2 atom stereocenters. The van der Waals surface area contributed by atoms with Gasteiger partial charge >= 0.3 is 0 Å². The highest BCUT2D eigenvalue weighted by atomic mass is 16.5. The van der Waals surface area contributed by atoms with Gasteiger partial charge in [0.2, 0.25) is 0 Å². The first-order chi connectivity index (χ1) is 21.4. The first-order valence-electron chi connectivity index (χ1n) is 15.2. The van der Waals surface area contributed by atoms with Crippen LogP contribution in [-0.2, 0) is 24.0 Å². The molecular formula is C36H44N2O6. The third-order valence-electron chi connectivity index (χ3n) is 8.77. The van der Waals surface area contributed by atoms with E-state index in [9.17, 15) is 10.2 Å². The molecule has 3 aromatic carbocycles. The van der Waals surface area contributed by atoms with Gasteiger partial charge in [-0.1, -0.05) is 23.8 Å². The third-order valence-corrected chi connectivity index (χ3v) is 8.77. The van der Waals surface area contributed by atoms with Crippen LogP contribution in [0.25, 0.3) is 0 Å². The van der Waals surface area contributed by atoms with E-state index in [1.165, 1.54) is 22.3 Å². The molecule has 4 N–H and O–H groups in total. The second-order valence-electron chi connectivity index (χ2n) is 11.4. The molecular weight excluding hydrogens is 556 g/mol. The number of phenolic OH excluding ortho intramolecular Hbond substituents is 2. The first kappa shape index (κ1) is 31.3. The Morgan fingerprint density at radius 1 is 0.705 bits per heavy atom. The average Bonchev–Trinajstić information content (AvgIpc) is 3.05. The van der Waals surface area contributed by atoms with Crippen molar-refractivity contribution in [3.05, 3.63) is 99.8 Å². The first-order valence-corrected chi connectivity index (χ1v) is 15.2. The smallest absolute Gasteiger partial charge is 0.160 e. The fraction of sp³-hybridized carbons (Fsp3) is 0.389. The van der Waals surface area contributed by atoms with Gasteiger partial charge in [-0.3, -0.25) is 0 Å². The molecule has 3 aromatic rings. The number of benzene rings is 3. The van der Waals surface area contributed by atoms with Crippen LogP contribution in [0.4, 0.5) is 0 Å². The van der Waals surface area contributed by atoms with Crippen LogP contribution in [0.3, 0.4) is 0 Å². The summed E-state index contributed by atoms with van der Waals surface area (Å²) in [6.07, 6.45) is 7.90. The van der Waals surface area contributed by atoms with Gasteiger partial charge < -0.3 is 39.8 Å². The fourth-order valence-corrected chi connectivity index (χ4v) is 6.41. The molecule has 0 saturated heterocycles. The lowest BCUT2D eigenvalue weighted by Gasteiger charge is -2.32. The Kier molecular flexibility index (Phi) is 10.4. The van der Waals surface area contributed by atoms with Crippen LogP contribution in [0.5, 0.6) is 28.7 Å². The summed E-state index contributed by atoms with van der Waals surface area (Å²) in [5.41, 5.74) is 7.84. The zero-order valence-electron chi connectivity index (χ0n) is 26.1. The number of allylic oxidation sites excluding steroid dienone is 2. The molecule has 234 valence electrons. The highest BCUT2D eigenvalue weighted by Gasteiger charge is 2.26. The summed E-state index contributed by atoms with van der Waals surface area (Å²) in [6, 6.07) is 18.1. The number of fused-ring (bicyclic) bond motifs is 1. The van der Waals surface area contributed by atoms with Gasteiger partial charge in [-0.2, -0.15) is 0 Å². The van der Waals surface area contributed by atoms with Crippen LogP contribution < -0.4 is 24.8 Å². The molecule has 0 amide bonds. The molecule has 1 aliphatic carbocycles. The van der Waals surface area contributed by atoms with Crippen molar-refractivity contribution in [2.24, 2.45) is 0 Å². The molecule has 3 aliphatic rings. The van der Waals surface area contributed by atoms with E-state index < -0.39 is 0 Å². The van der Waals surface area contributed by atoms with Gasteiger partial charge in [0.15, 0.2) is 23.0 Å². The summed E-state index contributed by atoms with van der Waals surface area (Å²) < 4.78 is 20.9. The topological polar surface area (TPSA) is 101 Å². The summed E-state index contributed by atoms with van der Waals surface area (Å²) >= 11 is 0. The van der Waals surface area contributed by atoms with Gasteiger partial charge in [-0.15, -0.1) is 0 Å². The monoisotopic (exact) mass is 600 g/mol. The normalized spacial score (nSPS) is 19.0. The van der Waals surface area contributed by atoms with Gasteiger partial charge in [0, 0.05) is 18.5 Å². The van der Waals surface area contributed by atoms with Crippen molar-refractivity contribution in [3.63, 3.8) is 0 Å². The van der Waals surface area contributed by atoms with Crippen LogP contribution in [-0.4, -0.2) is 57.8 Å². The second-order valence-corrected chi connectivity index (χ2v) is 11.4. The van der Waals surface area contributed by atoms with Crippen molar-refractivity contribution < 1.29 is 29.2 Å². The van der Waals surface area contributed by atoms with Crippen molar-refractivity contribution in [3.8, 4) is 28.7 Å². The van der Waals surface area contributed by atoms with E-state index in [1.54, 1.807) is 40.6 Å². The van der Waals surface area contributed by atoms with Crippen molar-refractivity contribution in [1.29, 1.82) is 0 Å². The number of ether oxygens (including phenoxy) is 4. The van der Waals surface area contributed by atoms with E-state index in [0.717, 1.165) is 74.3 Å². The van der Waals surface area contributed by atoms with E-state index in [4.69, 9.17) is 18.9 Å². The van der Waals surface area contributed by atoms with E-state index in [0.29, 0.717) is 17.5 Å². The number of phenols is 2. The lowest BCUT2D eigenvalue weighted by molar-refractivity contribution is 0.276. The maximum atomic E-state index is 9.94. The molecule has 2 unspecified atom stereocenters. The van der Waals surface area contributed by atoms with Gasteiger partial charge in [-0.25, -0.2) is 0 Å². The van der Waals surface area contributed by atoms with Crippen LogP contribution >= 0.6 is 0 Å². The van der Waals surface area contributed by atoms with Crippen LogP contribution in [0.2, 0.25) is 0 Å². The minimum atomic E-state index is 0.186. The minimum Gasteiger partial charge on any atom is -0.504 e. The Balaban J connectivity index is 0.000000175. The van der Waals surface area contributed by atoms with Crippen molar-refractivity contribution in [1.82, 2.24) is 10.6 Å². The van der Waals surface area contributed by atoms with E-state index in [1.807, 2.05) is 30.3 Å². The van der Waals surface area contributed by atoms with Gasteiger partial charge in [0.05, 0.1) is 34.2 Å². The zero-order chi connectivity index (χ0) is 31.1. The van der Waals surface area contributed by atoms with E-state index in [-0.39, 0.29) is 17.5 Å². The molecule has 0 fully saturated rings. The number of hydrogen-bond acceptors (Lipinski definition) is 8. The van der Waals surface area contributed by atoms with Crippen molar-refractivity contribution >= 4 is 0 Å². The molecule has 8 heteroatoms. The zero-order valence-corrected chi connectivity index (χ0v) is 26.1. The number of rotatable bonds is 8. The molecule has 0 bridgehead atoms. The van der Waals surface area contributed by atoms with Crippen LogP contribution in [0, 0.1) is 0 Å². The molecule has 0 radical (unpaired) electrons. The quantitative estimate of drug-likeness (QED) is 0.242. The predicted octanol–water partition coefficient (Wildman–Crippen LogP) is 5.76. The maximum absolute atomic E-state index is 9.94. The highest BCUT2D eigenvalue weighted by molar-refractivity contribution is 5.45. The number of nitrogens with one attached hydrogen (secondary N) is 2. The summed E-state index contributed by atoms with van der Waals surface area (Å²) in [5.74, 6) is 3.40. The van der Waals surface area contributed by atoms with Crippen LogP contribution in [0.15, 0.2) is 77.6 Å². The Morgan fingerprint density at radius 3 is 1.95 bits per heavy atom. The summed E-state index contributed by atoms with van der Waals surface area (Å²) in [7, 11) is 6.56. The van der Waals surface area contributed by atoms with Crippen molar-refractivity contribution in [2.45, 2.75) is 50.6 Å². The highest BCUT2D eigenvalue weighted by Crippen LogP contribution is 2.35. The van der Waals surface area contributed by atoms with Gasteiger partial charge in [0.25, 0.3) is 0 Å². The fourth-order valence-electron chi connectivity index (χ4n) is 6.41. The standard InChI is InChI=1S/C18H23NO3.C18H21NO3/c2*1-21-14-4-5-15-13(11-14)7-8-19-16(15)9-12-3-6-18(22-2)17(20)10-12/h3-4,6,10,16,19-20H,5,7-9,11H2,1-2H3;3-6,10-11,16,19-20H,7-9H2,1-2H3. The lowest BCUT2D eigenvalue weighted by Crippen LogP contribution is -2.39. The number of hydrogen-bond donors (Lipinski definition) is 4. The third kappa shape index (κ3) is 7.31. The molecule has 2 heterocycles. The molecule has 0 aromatic heterocycles. The second kappa shape index (κ2) is 14.6. The van der Waals surface area contributed by atoms with Gasteiger partial charge in [0.1, 0.15) is 5.75 Å². The maximum Gasteiger partial charge on any atom is 0.160 e. The summed E-state index contributed by atoms with van der Waals surface area (Å²) in [5, 5.41) is 27.0. The molecule has 0 spiro atoms. The van der Waals surface area contributed by atoms with E-state index >= 15 is 0 Å². The Labute approximate surface area is 260 Å². The number of methoxy groups -OCH3 is 4. The Bertz CT molecular complexity index is 1510. The minimum absolute atomic E-state index is 0.186. The lowest BCUT2D eigenvalue weighted by atomic mass is 9.83. The molecule has 44 heavy (non-hydrogen) atoms. The molecule has 6 rings (SSSR count). The average molecular weight is 601 g/mol. The number of aromatic hydroxyl groups is 2. The Morgan fingerprint density at radius 2 is 1.34 bits per heavy atom. The largest absolute Gasteiger partial charge is 0.504 e. The predicted molar refractivity (Wildman–Crippen MR) is 172 cm³/mol. The molecule has 2 aliphatic heterocycles. The summed E-state index contributed by atoms with van der Waals surface area (Å²) in [6.45, 7) is 1.95. The van der Waals surface area contributed by atoms with Gasteiger partial charge in [-0.05, 0) is 115 Å². The molecule has 8 nitrogen and oxygen atoms in total. The van der Waals surface area contributed by atoms with E-state index in [2.05, 4.69) is 28.8 Å². The Hall–Kier alpha value is -4.14. The SMILES string of the molecule is COC1=CCC2=C(CCNC2Cc2ccc(OC)c(O)c2)C1.COc1ccc2c(c1)CCNC2Cc1ccc(OC)c(O)c1. The van der Waals surface area contributed by atoms with Crippen molar-refractivity contribution in [2.75, 3.05) is 41.5 Å². The van der Waals surface area contributed by atoms with Crippen LogP contribution in [0.1, 0.15) is 47.6 Å².